The third-order valence-corrected chi connectivity index (χ3v) is 6.99. The first-order valence-corrected chi connectivity index (χ1v) is 13.7. The molecule has 0 fully saturated rings. The van der Waals surface area contributed by atoms with Gasteiger partial charge in [0.1, 0.15) is 18.3 Å². The number of rotatable bonds is 12. The Bertz CT molecular complexity index is 1140. The summed E-state index contributed by atoms with van der Waals surface area (Å²) >= 11 is 6.13. The van der Waals surface area contributed by atoms with Gasteiger partial charge in [-0.25, -0.2) is 8.42 Å². The van der Waals surface area contributed by atoms with Gasteiger partial charge in [-0.1, -0.05) is 49.7 Å². The Hall–Kier alpha value is -2.78. The molecule has 2 amide bonds. The predicted molar refractivity (Wildman–Crippen MR) is 139 cm³/mol. The number of amides is 2. The van der Waals surface area contributed by atoms with Gasteiger partial charge in [-0.2, -0.15) is 0 Å². The highest BCUT2D eigenvalue weighted by atomic mass is 35.5. The van der Waals surface area contributed by atoms with Crippen molar-refractivity contribution in [2.75, 3.05) is 30.8 Å². The Morgan fingerprint density at radius 2 is 1.83 bits per heavy atom. The molecule has 0 saturated carbocycles. The molecule has 192 valence electrons. The summed E-state index contributed by atoms with van der Waals surface area (Å²) in [5.41, 5.74) is 1.98. The molecule has 2 aromatic carbocycles. The average Bonchev–Trinajstić information content (AvgIpc) is 2.81. The van der Waals surface area contributed by atoms with Gasteiger partial charge in [0.25, 0.3) is 0 Å². The monoisotopic (exact) mass is 523 g/mol. The van der Waals surface area contributed by atoms with Crippen molar-refractivity contribution in [1.82, 2.24) is 10.2 Å². The van der Waals surface area contributed by atoms with E-state index in [0.717, 1.165) is 28.1 Å². The van der Waals surface area contributed by atoms with Crippen LogP contribution in [0.15, 0.2) is 42.5 Å². The van der Waals surface area contributed by atoms with E-state index in [0.29, 0.717) is 18.0 Å². The molecular weight excluding hydrogens is 490 g/mol. The summed E-state index contributed by atoms with van der Waals surface area (Å²) in [6.07, 6.45) is 2.13. The molecule has 0 unspecified atom stereocenters. The van der Waals surface area contributed by atoms with E-state index in [1.165, 1.54) is 18.1 Å². The summed E-state index contributed by atoms with van der Waals surface area (Å²) < 4.78 is 31.8. The molecule has 0 aliphatic rings. The van der Waals surface area contributed by atoms with E-state index in [-0.39, 0.29) is 23.9 Å². The normalized spacial score (nSPS) is 12.1. The number of carbonyl (C=O) groups is 2. The highest BCUT2D eigenvalue weighted by molar-refractivity contribution is 7.92. The van der Waals surface area contributed by atoms with E-state index < -0.39 is 28.5 Å². The van der Waals surface area contributed by atoms with Gasteiger partial charge >= 0.3 is 0 Å². The number of hydrogen-bond donors (Lipinski definition) is 1. The number of ether oxygens (including phenoxy) is 1. The molecule has 0 saturated heterocycles. The summed E-state index contributed by atoms with van der Waals surface area (Å²) in [6, 6.07) is 11.4. The Kier molecular flexibility index (Phi) is 10.4. The zero-order valence-corrected chi connectivity index (χ0v) is 22.4. The lowest BCUT2D eigenvalue weighted by atomic mass is 10.1. The number of methoxy groups -OCH3 is 1. The second-order valence-corrected chi connectivity index (χ2v) is 10.6. The van der Waals surface area contributed by atoms with E-state index >= 15 is 0 Å². The van der Waals surface area contributed by atoms with Crippen molar-refractivity contribution in [1.29, 1.82) is 0 Å². The van der Waals surface area contributed by atoms with Crippen molar-refractivity contribution in [3.8, 4) is 5.75 Å². The van der Waals surface area contributed by atoms with Crippen LogP contribution in [-0.2, 0) is 26.2 Å². The largest absolute Gasteiger partial charge is 0.495 e. The molecule has 0 spiro atoms. The summed E-state index contributed by atoms with van der Waals surface area (Å²) in [7, 11) is -2.49. The molecule has 2 aromatic rings. The van der Waals surface area contributed by atoms with E-state index in [1.807, 2.05) is 45.0 Å². The van der Waals surface area contributed by atoms with Crippen molar-refractivity contribution in [3.63, 3.8) is 0 Å². The number of anilines is 1. The van der Waals surface area contributed by atoms with Crippen LogP contribution < -0.4 is 14.4 Å². The van der Waals surface area contributed by atoms with E-state index in [9.17, 15) is 18.0 Å². The van der Waals surface area contributed by atoms with Gasteiger partial charge in [0.15, 0.2) is 0 Å². The summed E-state index contributed by atoms with van der Waals surface area (Å²) in [6.45, 7) is 5.82. The number of hydrogen-bond acceptors (Lipinski definition) is 5. The van der Waals surface area contributed by atoms with Gasteiger partial charge in [-0.05, 0) is 49.1 Å². The lowest BCUT2D eigenvalue weighted by Gasteiger charge is -2.33. The molecule has 0 bridgehead atoms. The number of carbonyl (C=O) groups excluding carboxylic acids is 2. The number of benzene rings is 2. The Morgan fingerprint density at radius 1 is 1.14 bits per heavy atom. The molecule has 8 nitrogen and oxygen atoms in total. The summed E-state index contributed by atoms with van der Waals surface area (Å²) in [5, 5.41) is 3.15. The molecular formula is C25H34ClN3O5S. The first-order chi connectivity index (χ1) is 16.5. The maximum absolute atomic E-state index is 13.7. The van der Waals surface area contributed by atoms with Crippen molar-refractivity contribution in [2.24, 2.45) is 0 Å². The van der Waals surface area contributed by atoms with Gasteiger partial charge in [0.05, 0.1) is 19.1 Å². The minimum Gasteiger partial charge on any atom is -0.495 e. The van der Waals surface area contributed by atoms with Crippen molar-refractivity contribution >= 4 is 39.1 Å². The predicted octanol–water partition coefficient (Wildman–Crippen LogP) is 3.76. The quantitative estimate of drug-likeness (QED) is 0.457. The number of aryl methyl sites for hydroxylation is 1. The van der Waals surface area contributed by atoms with Crippen LogP contribution in [0.4, 0.5) is 5.69 Å². The first-order valence-electron chi connectivity index (χ1n) is 11.5. The van der Waals surface area contributed by atoms with Crippen LogP contribution in [0.3, 0.4) is 0 Å². The number of nitrogens with zero attached hydrogens (tertiary/aromatic N) is 2. The van der Waals surface area contributed by atoms with Crippen LogP contribution >= 0.6 is 11.6 Å². The van der Waals surface area contributed by atoms with E-state index in [2.05, 4.69) is 5.32 Å². The van der Waals surface area contributed by atoms with Gasteiger partial charge in [-0.3, -0.25) is 13.9 Å². The number of nitrogens with one attached hydrogen (secondary N) is 1. The molecule has 10 heteroatoms. The van der Waals surface area contributed by atoms with Crippen LogP contribution in [0, 0.1) is 6.92 Å². The molecule has 2 rings (SSSR count). The zero-order chi connectivity index (χ0) is 26.2. The first kappa shape index (κ1) is 28.5. The lowest BCUT2D eigenvalue weighted by molar-refractivity contribution is -0.140. The Labute approximate surface area is 213 Å². The minimum atomic E-state index is -3.90. The Balaban J connectivity index is 2.51. The molecule has 1 N–H and O–H groups in total. The van der Waals surface area contributed by atoms with E-state index in [1.54, 1.807) is 12.1 Å². The third-order valence-electron chi connectivity index (χ3n) is 5.63. The molecule has 1 atom stereocenters. The second kappa shape index (κ2) is 12.8. The summed E-state index contributed by atoms with van der Waals surface area (Å²) in [4.78, 5) is 28.1. The smallest absolute Gasteiger partial charge is 0.244 e. The van der Waals surface area contributed by atoms with Crippen molar-refractivity contribution < 1.29 is 22.7 Å². The van der Waals surface area contributed by atoms with Crippen molar-refractivity contribution in [2.45, 2.75) is 46.2 Å². The van der Waals surface area contributed by atoms with Crippen LogP contribution in [0.5, 0.6) is 5.75 Å². The van der Waals surface area contributed by atoms with E-state index in [4.69, 9.17) is 16.3 Å². The second-order valence-electron chi connectivity index (χ2n) is 8.25. The summed E-state index contributed by atoms with van der Waals surface area (Å²) in [5.74, 6) is -0.535. The number of sulfonamides is 1. The van der Waals surface area contributed by atoms with Gasteiger partial charge in [-0.15, -0.1) is 0 Å². The van der Waals surface area contributed by atoms with Crippen LogP contribution in [-0.4, -0.2) is 57.6 Å². The van der Waals surface area contributed by atoms with Crippen LogP contribution in [0.2, 0.25) is 5.02 Å². The fraction of sp³-hybridized carbons (Fsp3) is 0.440. The molecule has 0 heterocycles. The highest BCUT2D eigenvalue weighted by Crippen LogP contribution is 2.33. The molecule has 0 aromatic heterocycles. The van der Waals surface area contributed by atoms with Crippen LogP contribution in [0.1, 0.15) is 37.8 Å². The van der Waals surface area contributed by atoms with Crippen LogP contribution in [0.25, 0.3) is 0 Å². The Morgan fingerprint density at radius 3 is 2.40 bits per heavy atom. The van der Waals surface area contributed by atoms with Gasteiger partial charge in [0, 0.05) is 18.1 Å². The molecule has 0 radical (unpaired) electrons. The fourth-order valence-corrected chi connectivity index (χ4v) is 4.72. The highest BCUT2D eigenvalue weighted by Gasteiger charge is 2.32. The maximum atomic E-state index is 13.7. The standard InChI is InChI=1S/C25H34ClN3O5S/c1-6-14-27-25(31)21(7-2)28(16-19-11-9-8-10-18(19)3)24(30)17-29(35(5,32)33)22-15-20(26)12-13-23(22)34-4/h8-13,15,21H,6-7,14,16-17H2,1-5H3,(H,27,31)/t21-/m0/s1. The minimum absolute atomic E-state index is 0.148. The lowest BCUT2D eigenvalue weighted by Crippen LogP contribution is -2.52. The maximum Gasteiger partial charge on any atom is 0.244 e. The zero-order valence-electron chi connectivity index (χ0n) is 20.9. The van der Waals surface area contributed by atoms with Gasteiger partial charge < -0.3 is 15.0 Å². The fourth-order valence-electron chi connectivity index (χ4n) is 3.71. The van der Waals surface area contributed by atoms with Gasteiger partial charge in [0.2, 0.25) is 21.8 Å². The topological polar surface area (TPSA) is 96.0 Å². The molecule has 0 aliphatic heterocycles. The SMILES string of the molecule is CCCNC(=O)[C@H](CC)N(Cc1ccccc1C)C(=O)CN(c1cc(Cl)ccc1OC)S(C)(=O)=O. The number of halogens is 1. The average molecular weight is 524 g/mol. The third kappa shape index (κ3) is 7.60. The van der Waals surface area contributed by atoms with Crippen molar-refractivity contribution in [3.05, 3.63) is 58.6 Å². The molecule has 0 aliphatic carbocycles. The molecule has 35 heavy (non-hydrogen) atoms.